The van der Waals surface area contributed by atoms with E-state index in [1.165, 1.54) is 0 Å². The smallest absolute Gasteiger partial charge is 0.0556 e. The molecule has 0 heterocycles. The Morgan fingerprint density at radius 3 is 2.29 bits per heavy atom. The van der Waals surface area contributed by atoms with Gasteiger partial charge < -0.3 is 10.4 Å². The van der Waals surface area contributed by atoms with E-state index in [1.807, 2.05) is 13.8 Å². The van der Waals surface area contributed by atoms with Crippen LogP contribution >= 0.6 is 0 Å². The van der Waals surface area contributed by atoms with E-state index in [0.29, 0.717) is 6.54 Å². The molecule has 0 saturated carbocycles. The topological polar surface area (TPSA) is 32.3 Å². The average molecular weight is 102 g/mol. The number of nitrogens with one attached hydrogen (secondary N) is 1. The van der Waals surface area contributed by atoms with Gasteiger partial charge in [0, 0.05) is 12.6 Å². The lowest BCUT2D eigenvalue weighted by Crippen LogP contribution is -2.19. The molecule has 0 rings (SSSR count). The number of hydrogen-bond acceptors (Lipinski definition) is 2. The zero-order valence-corrected chi connectivity index (χ0v) is 4.86. The van der Waals surface area contributed by atoms with E-state index in [0.717, 1.165) is 6.04 Å². The molecule has 0 aromatic carbocycles. The van der Waals surface area contributed by atoms with Crippen molar-refractivity contribution in [1.29, 1.82) is 0 Å². The molecule has 0 aliphatic heterocycles. The summed E-state index contributed by atoms with van der Waals surface area (Å²) in [5.41, 5.74) is 0. The second-order valence-electron chi connectivity index (χ2n) is 1.65. The van der Waals surface area contributed by atoms with E-state index < -0.39 is 0 Å². The Morgan fingerprint density at radius 2 is 2.14 bits per heavy atom. The second-order valence-corrected chi connectivity index (χ2v) is 1.65. The van der Waals surface area contributed by atoms with E-state index >= 15 is 0 Å². The first-order valence-corrected chi connectivity index (χ1v) is 2.42. The zero-order chi connectivity index (χ0) is 5.70. The summed E-state index contributed by atoms with van der Waals surface area (Å²) in [4.78, 5) is 0. The van der Waals surface area contributed by atoms with Gasteiger partial charge in [-0.15, -0.1) is 0 Å². The molecule has 2 nitrogen and oxygen atoms in total. The molecule has 1 radical (unpaired) electrons. The monoisotopic (exact) mass is 102 g/mol. The molecule has 0 aromatic heterocycles. The molecule has 0 aliphatic carbocycles. The molecule has 2 N–H and O–H groups in total. The summed E-state index contributed by atoms with van der Waals surface area (Å²) in [7, 11) is 0. The summed E-state index contributed by atoms with van der Waals surface area (Å²) < 4.78 is 0. The van der Waals surface area contributed by atoms with Gasteiger partial charge in [0.1, 0.15) is 0 Å². The fraction of sp³-hybridized carbons (Fsp3) is 0.800. The normalized spacial score (nSPS) is 10.3. The van der Waals surface area contributed by atoms with Gasteiger partial charge in [-0.05, 0) is 13.8 Å². The highest BCUT2D eigenvalue weighted by Crippen LogP contribution is 1.83. The highest BCUT2D eigenvalue weighted by Gasteiger charge is 1.87. The molecule has 2 heteroatoms. The molecule has 7 heavy (non-hydrogen) atoms. The maximum Gasteiger partial charge on any atom is 0.0556 e. The van der Waals surface area contributed by atoms with E-state index in [-0.39, 0.29) is 6.61 Å². The SMILES string of the molecule is C[C](C)NCCO. The van der Waals surface area contributed by atoms with Gasteiger partial charge in [0.15, 0.2) is 0 Å². The van der Waals surface area contributed by atoms with Gasteiger partial charge in [-0.1, -0.05) is 0 Å². The lowest BCUT2D eigenvalue weighted by molar-refractivity contribution is 0.294. The van der Waals surface area contributed by atoms with Crippen LogP contribution in [0.4, 0.5) is 0 Å². The minimum atomic E-state index is 0.213. The first kappa shape index (κ1) is 6.92. The average Bonchev–Trinajstić information content (AvgIpc) is 1.61. The van der Waals surface area contributed by atoms with Gasteiger partial charge >= 0.3 is 0 Å². The molecule has 0 unspecified atom stereocenters. The Kier molecular flexibility index (Phi) is 4.04. The second kappa shape index (κ2) is 4.09. The molecular weight excluding hydrogens is 90.1 g/mol. The molecule has 0 saturated heterocycles. The van der Waals surface area contributed by atoms with Crippen molar-refractivity contribution in [2.45, 2.75) is 13.8 Å². The predicted molar refractivity (Wildman–Crippen MR) is 29.7 cm³/mol. The third-order valence-corrected chi connectivity index (χ3v) is 0.590. The first-order valence-electron chi connectivity index (χ1n) is 2.42. The highest BCUT2D eigenvalue weighted by atomic mass is 16.3. The van der Waals surface area contributed by atoms with Gasteiger partial charge in [-0.3, -0.25) is 0 Å². The summed E-state index contributed by atoms with van der Waals surface area (Å²) in [6, 6.07) is 1.15. The largest absolute Gasteiger partial charge is 0.395 e. The van der Waals surface area contributed by atoms with Crippen LogP contribution in [-0.2, 0) is 0 Å². The number of aliphatic hydroxyl groups excluding tert-OH is 1. The fourth-order valence-electron chi connectivity index (χ4n) is 0.306. The molecule has 0 spiro atoms. The Morgan fingerprint density at radius 1 is 1.57 bits per heavy atom. The van der Waals surface area contributed by atoms with E-state index in [4.69, 9.17) is 5.11 Å². The van der Waals surface area contributed by atoms with Crippen LogP contribution < -0.4 is 5.32 Å². The van der Waals surface area contributed by atoms with E-state index in [9.17, 15) is 0 Å². The van der Waals surface area contributed by atoms with Crippen LogP contribution in [0.25, 0.3) is 0 Å². The van der Waals surface area contributed by atoms with Crippen molar-refractivity contribution >= 4 is 0 Å². The Labute approximate surface area is 44.5 Å². The van der Waals surface area contributed by atoms with Crippen LogP contribution in [-0.4, -0.2) is 18.3 Å². The number of aliphatic hydroxyl groups is 1. The van der Waals surface area contributed by atoms with Gasteiger partial charge in [0.2, 0.25) is 0 Å². The lowest BCUT2D eigenvalue weighted by atomic mass is 10.4. The van der Waals surface area contributed by atoms with Crippen molar-refractivity contribution in [2.75, 3.05) is 13.2 Å². The molecule has 0 fully saturated rings. The fourth-order valence-corrected chi connectivity index (χ4v) is 0.306. The molecule has 43 valence electrons. The quantitative estimate of drug-likeness (QED) is 0.531. The van der Waals surface area contributed by atoms with Crippen LogP contribution in [0.2, 0.25) is 0 Å². The van der Waals surface area contributed by atoms with Gasteiger partial charge in [-0.2, -0.15) is 0 Å². The first-order chi connectivity index (χ1) is 3.27. The Bertz CT molecular complexity index is 37.1. The van der Waals surface area contributed by atoms with Crippen molar-refractivity contribution in [3.8, 4) is 0 Å². The molecular formula is C5H12NO. The van der Waals surface area contributed by atoms with Crippen LogP contribution in [0.15, 0.2) is 0 Å². The van der Waals surface area contributed by atoms with Crippen LogP contribution in [0.3, 0.4) is 0 Å². The van der Waals surface area contributed by atoms with Crippen molar-refractivity contribution in [1.82, 2.24) is 5.32 Å². The summed E-state index contributed by atoms with van der Waals surface area (Å²) in [5.74, 6) is 0. The maximum atomic E-state index is 8.24. The van der Waals surface area contributed by atoms with Crippen LogP contribution in [0, 0.1) is 6.04 Å². The Hall–Kier alpha value is -0.0800. The third-order valence-electron chi connectivity index (χ3n) is 0.590. The van der Waals surface area contributed by atoms with Crippen molar-refractivity contribution in [2.24, 2.45) is 0 Å². The molecule has 0 aliphatic rings. The standard InChI is InChI=1S/C5H12NO/c1-5(2)6-3-4-7/h6-7H,3-4H2,1-2H3. The summed E-state index contributed by atoms with van der Waals surface area (Å²) in [6.45, 7) is 4.82. The maximum absolute atomic E-state index is 8.24. The van der Waals surface area contributed by atoms with Crippen molar-refractivity contribution < 1.29 is 5.11 Å². The molecule has 0 amide bonds. The molecule has 0 aromatic rings. The number of hydrogen-bond donors (Lipinski definition) is 2. The van der Waals surface area contributed by atoms with Gasteiger partial charge in [0.05, 0.1) is 6.61 Å². The Balaban J connectivity index is 2.68. The van der Waals surface area contributed by atoms with Gasteiger partial charge in [-0.25, -0.2) is 0 Å². The molecule has 0 bridgehead atoms. The van der Waals surface area contributed by atoms with Crippen LogP contribution in [0.1, 0.15) is 13.8 Å². The van der Waals surface area contributed by atoms with Crippen molar-refractivity contribution in [3.63, 3.8) is 0 Å². The lowest BCUT2D eigenvalue weighted by Gasteiger charge is -2.02. The van der Waals surface area contributed by atoms with Crippen molar-refractivity contribution in [3.05, 3.63) is 6.04 Å². The van der Waals surface area contributed by atoms with Crippen LogP contribution in [0.5, 0.6) is 0 Å². The highest BCUT2D eigenvalue weighted by molar-refractivity contribution is 4.71. The minimum Gasteiger partial charge on any atom is -0.395 e. The summed E-state index contributed by atoms with van der Waals surface area (Å²) in [5, 5.41) is 11.2. The van der Waals surface area contributed by atoms with E-state index in [1.54, 1.807) is 0 Å². The number of rotatable bonds is 3. The third kappa shape index (κ3) is 5.92. The summed E-state index contributed by atoms with van der Waals surface area (Å²) in [6.07, 6.45) is 0. The molecule has 0 atom stereocenters. The predicted octanol–water partition coefficient (Wildman–Crippen LogP) is 0.140. The van der Waals surface area contributed by atoms with Gasteiger partial charge in [0.25, 0.3) is 0 Å². The minimum absolute atomic E-state index is 0.213. The summed E-state index contributed by atoms with van der Waals surface area (Å²) >= 11 is 0. The zero-order valence-electron chi connectivity index (χ0n) is 4.86. The van der Waals surface area contributed by atoms with E-state index in [2.05, 4.69) is 5.32 Å².